The van der Waals surface area contributed by atoms with Gasteiger partial charge >= 0.3 is 0 Å². The van der Waals surface area contributed by atoms with Crippen LogP contribution in [-0.2, 0) is 0 Å². The predicted octanol–water partition coefficient (Wildman–Crippen LogP) is 3.83. The van der Waals surface area contributed by atoms with Crippen molar-refractivity contribution in [2.24, 2.45) is 0 Å². The predicted molar refractivity (Wildman–Crippen MR) is 99.8 cm³/mol. The lowest BCUT2D eigenvalue weighted by Gasteiger charge is -2.33. The number of hydrogen-bond acceptors (Lipinski definition) is 3. The number of fused-ring (bicyclic) bond motifs is 1. The summed E-state index contributed by atoms with van der Waals surface area (Å²) in [7, 11) is 0. The number of benzene rings is 2. The largest absolute Gasteiger partial charge is 0.338 e. The number of nitriles is 1. The van der Waals surface area contributed by atoms with Gasteiger partial charge in [-0.2, -0.15) is 5.26 Å². The lowest BCUT2D eigenvalue weighted by atomic mass is 10.0. The van der Waals surface area contributed by atoms with Gasteiger partial charge in [0.1, 0.15) is 11.6 Å². The molecule has 3 aromatic rings. The molecule has 0 unspecified atom stereocenters. The van der Waals surface area contributed by atoms with Gasteiger partial charge in [-0.25, -0.2) is 9.37 Å². The molecule has 136 valence electrons. The van der Waals surface area contributed by atoms with Crippen LogP contribution in [0.3, 0.4) is 0 Å². The molecule has 0 aliphatic carbocycles. The first-order valence-corrected chi connectivity index (χ1v) is 9.00. The van der Waals surface area contributed by atoms with Crippen LogP contribution in [-0.4, -0.2) is 33.4 Å². The summed E-state index contributed by atoms with van der Waals surface area (Å²) in [6, 6.07) is 13.7. The Kier molecular flexibility index (Phi) is 4.36. The standard InChI is InChI=1S/C21H19FN4O/c1-14-24-19-6-5-17(22)12-20(19)26(14)18-7-9-25(10-8-18)21(27)16-4-2-3-15(11-16)13-23/h2-6,11-12,18H,7-10H2,1H3. The third-order valence-corrected chi connectivity index (χ3v) is 5.18. The third kappa shape index (κ3) is 3.17. The maximum atomic E-state index is 13.7. The second-order valence-corrected chi connectivity index (χ2v) is 6.88. The Balaban J connectivity index is 1.52. The smallest absolute Gasteiger partial charge is 0.253 e. The highest BCUT2D eigenvalue weighted by molar-refractivity contribution is 5.94. The van der Waals surface area contributed by atoms with Gasteiger partial charge in [0, 0.05) is 24.7 Å². The van der Waals surface area contributed by atoms with E-state index in [0.717, 1.165) is 29.7 Å². The van der Waals surface area contributed by atoms with E-state index >= 15 is 0 Å². The number of carbonyl (C=O) groups excluding carboxylic acids is 1. The number of amides is 1. The van der Waals surface area contributed by atoms with Crippen LogP contribution in [0, 0.1) is 24.1 Å². The molecule has 1 amide bonds. The van der Waals surface area contributed by atoms with Gasteiger partial charge in [0.2, 0.25) is 0 Å². The fourth-order valence-corrected chi connectivity index (χ4v) is 3.88. The Morgan fingerprint density at radius 2 is 2.00 bits per heavy atom. The van der Waals surface area contributed by atoms with E-state index in [1.165, 1.54) is 12.1 Å². The highest BCUT2D eigenvalue weighted by Crippen LogP contribution is 2.29. The summed E-state index contributed by atoms with van der Waals surface area (Å²) >= 11 is 0. The summed E-state index contributed by atoms with van der Waals surface area (Å²) in [6.45, 7) is 3.17. The van der Waals surface area contributed by atoms with Gasteiger partial charge in [0.15, 0.2) is 0 Å². The van der Waals surface area contributed by atoms with E-state index in [2.05, 4.69) is 15.6 Å². The van der Waals surface area contributed by atoms with Gasteiger partial charge in [0.25, 0.3) is 5.91 Å². The summed E-state index contributed by atoms with van der Waals surface area (Å²) in [5.74, 6) is 0.541. The lowest BCUT2D eigenvalue weighted by Crippen LogP contribution is -2.39. The van der Waals surface area contributed by atoms with Crippen molar-refractivity contribution in [2.45, 2.75) is 25.8 Å². The maximum Gasteiger partial charge on any atom is 0.253 e. The number of piperidine rings is 1. The molecule has 1 fully saturated rings. The molecule has 1 aliphatic rings. The number of carbonyl (C=O) groups is 1. The van der Waals surface area contributed by atoms with Crippen LogP contribution in [0.1, 0.15) is 40.6 Å². The van der Waals surface area contributed by atoms with E-state index < -0.39 is 0 Å². The summed E-state index contributed by atoms with van der Waals surface area (Å²) in [6.07, 6.45) is 1.57. The minimum absolute atomic E-state index is 0.0520. The first-order chi connectivity index (χ1) is 13.1. The second-order valence-electron chi connectivity index (χ2n) is 6.88. The minimum Gasteiger partial charge on any atom is -0.338 e. The molecule has 0 N–H and O–H groups in total. The molecule has 0 atom stereocenters. The molecule has 5 nitrogen and oxygen atoms in total. The zero-order valence-electron chi connectivity index (χ0n) is 15.0. The number of aryl methyl sites for hydroxylation is 1. The van der Waals surface area contributed by atoms with Gasteiger partial charge in [-0.05, 0) is 56.2 Å². The topological polar surface area (TPSA) is 61.9 Å². The van der Waals surface area contributed by atoms with Gasteiger partial charge in [-0.1, -0.05) is 6.07 Å². The normalized spacial score (nSPS) is 15.1. The molecule has 1 aliphatic heterocycles. The molecular formula is C21H19FN4O. The third-order valence-electron chi connectivity index (χ3n) is 5.18. The fourth-order valence-electron chi connectivity index (χ4n) is 3.88. The summed E-state index contributed by atoms with van der Waals surface area (Å²) in [5, 5.41) is 9.02. The van der Waals surface area contributed by atoms with Crippen molar-refractivity contribution in [1.29, 1.82) is 5.26 Å². The molecule has 0 spiro atoms. The van der Waals surface area contributed by atoms with Crippen molar-refractivity contribution >= 4 is 16.9 Å². The molecule has 2 aromatic carbocycles. The highest BCUT2D eigenvalue weighted by atomic mass is 19.1. The van der Waals surface area contributed by atoms with Crippen molar-refractivity contribution < 1.29 is 9.18 Å². The number of hydrogen-bond donors (Lipinski definition) is 0. The van der Waals surface area contributed by atoms with Crippen molar-refractivity contribution in [2.75, 3.05) is 13.1 Å². The molecule has 1 saturated heterocycles. The Hall–Kier alpha value is -3.20. The average molecular weight is 362 g/mol. The van der Waals surface area contributed by atoms with Crippen LogP contribution in [0.4, 0.5) is 4.39 Å². The lowest BCUT2D eigenvalue weighted by molar-refractivity contribution is 0.0695. The molecule has 0 bridgehead atoms. The van der Waals surface area contributed by atoms with E-state index in [-0.39, 0.29) is 17.8 Å². The fraction of sp³-hybridized carbons (Fsp3) is 0.286. The SMILES string of the molecule is Cc1nc2ccc(F)cc2n1C1CCN(C(=O)c2cccc(C#N)c2)CC1. The zero-order valence-corrected chi connectivity index (χ0v) is 15.0. The average Bonchev–Trinajstić information content (AvgIpc) is 3.02. The Labute approximate surface area is 156 Å². The zero-order chi connectivity index (χ0) is 19.0. The van der Waals surface area contributed by atoms with Crippen LogP contribution in [0.5, 0.6) is 0 Å². The number of rotatable bonds is 2. The van der Waals surface area contributed by atoms with E-state index in [1.807, 2.05) is 11.8 Å². The van der Waals surface area contributed by atoms with Crippen LogP contribution < -0.4 is 0 Å². The minimum atomic E-state index is -0.270. The van der Waals surface area contributed by atoms with Crippen molar-refractivity contribution in [3.05, 3.63) is 65.2 Å². The second kappa shape index (κ2) is 6.84. The molecule has 27 heavy (non-hydrogen) atoms. The molecule has 2 heterocycles. The highest BCUT2D eigenvalue weighted by Gasteiger charge is 2.26. The molecule has 0 saturated carbocycles. The molecule has 6 heteroatoms. The van der Waals surface area contributed by atoms with Gasteiger partial charge in [-0.15, -0.1) is 0 Å². The number of nitrogens with zero attached hydrogens (tertiary/aromatic N) is 4. The van der Waals surface area contributed by atoms with Crippen molar-refractivity contribution in [1.82, 2.24) is 14.5 Å². The first-order valence-electron chi connectivity index (χ1n) is 9.00. The summed E-state index contributed by atoms with van der Waals surface area (Å²) in [5.41, 5.74) is 2.62. The Morgan fingerprint density at radius 3 is 2.74 bits per heavy atom. The van der Waals surface area contributed by atoms with E-state index in [1.54, 1.807) is 30.3 Å². The maximum absolute atomic E-state index is 13.7. The summed E-state index contributed by atoms with van der Waals surface area (Å²) < 4.78 is 15.8. The quantitative estimate of drug-likeness (QED) is 0.696. The molecular weight excluding hydrogens is 343 g/mol. The number of halogens is 1. The molecule has 0 radical (unpaired) electrons. The molecule has 4 rings (SSSR count). The van der Waals surface area contributed by atoms with Crippen LogP contribution >= 0.6 is 0 Å². The summed E-state index contributed by atoms with van der Waals surface area (Å²) in [4.78, 5) is 19.1. The van der Waals surface area contributed by atoms with Gasteiger partial charge in [-0.3, -0.25) is 4.79 Å². The van der Waals surface area contributed by atoms with Gasteiger partial charge in [0.05, 0.1) is 22.7 Å². The van der Waals surface area contributed by atoms with E-state index in [4.69, 9.17) is 5.26 Å². The van der Waals surface area contributed by atoms with Crippen LogP contribution in [0.25, 0.3) is 11.0 Å². The first kappa shape index (κ1) is 17.2. The number of imidazole rings is 1. The van der Waals surface area contributed by atoms with E-state index in [0.29, 0.717) is 24.2 Å². The molecule has 1 aromatic heterocycles. The Morgan fingerprint density at radius 1 is 1.22 bits per heavy atom. The van der Waals surface area contributed by atoms with Crippen LogP contribution in [0.15, 0.2) is 42.5 Å². The monoisotopic (exact) mass is 362 g/mol. The van der Waals surface area contributed by atoms with Crippen LogP contribution in [0.2, 0.25) is 0 Å². The number of likely N-dealkylation sites (tertiary alicyclic amines) is 1. The number of aromatic nitrogens is 2. The Bertz CT molecular complexity index is 1060. The van der Waals surface area contributed by atoms with E-state index in [9.17, 15) is 9.18 Å². The van der Waals surface area contributed by atoms with Crippen molar-refractivity contribution in [3.8, 4) is 6.07 Å². The van der Waals surface area contributed by atoms with Gasteiger partial charge < -0.3 is 9.47 Å². The van der Waals surface area contributed by atoms with Crippen molar-refractivity contribution in [3.63, 3.8) is 0 Å².